The minimum atomic E-state index is -4.84. The number of esters is 1. The Labute approximate surface area is 152 Å². The molecule has 0 atom stereocenters. The van der Waals surface area contributed by atoms with Crippen molar-refractivity contribution in [3.05, 3.63) is 29.3 Å². The van der Waals surface area contributed by atoms with Crippen LogP contribution in [0.3, 0.4) is 0 Å². The van der Waals surface area contributed by atoms with Gasteiger partial charge in [-0.05, 0) is 39.0 Å². The van der Waals surface area contributed by atoms with E-state index in [0.717, 1.165) is 17.0 Å². The summed E-state index contributed by atoms with van der Waals surface area (Å²) in [5.74, 6) is -1.54. The van der Waals surface area contributed by atoms with Crippen molar-refractivity contribution in [1.29, 1.82) is 5.26 Å². The van der Waals surface area contributed by atoms with Gasteiger partial charge in [-0.2, -0.15) is 18.4 Å². The number of nitriles is 1. The predicted molar refractivity (Wildman–Crippen MR) is 86.5 cm³/mol. The molecule has 1 aliphatic heterocycles. The summed E-state index contributed by atoms with van der Waals surface area (Å²) in [7, 11) is 0. The van der Waals surface area contributed by atoms with Crippen LogP contribution in [0.4, 0.5) is 23.7 Å². The maximum atomic E-state index is 13.2. The number of imide groups is 1. The number of hydrogen-bond acceptors (Lipinski definition) is 5. The maximum Gasteiger partial charge on any atom is 0.417 e. The number of carbonyl (C=O) groups excluding carboxylic acids is 3. The van der Waals surface area contributed by atoms with Gasteiger partial charge in [0.25, 0.3) is 5.91 Å². The van der Waals surface area contributed by atoms with Gasteiger partial charge in [0, 0.05) is 0 Å². The van der Waals surface area contributed by atoms with E-state index in [2.05, 4.69) is 0 Å². The van der Waals surface area contributed by atoms with Gasteiger partial charge < -0.3 is 4.74 Å². The number of nitrogens with zero attached hydrogens (tertiary/aromatic N) is 3. The Kier molecular flexibility index (Phi) is 5.17. The van der Waals surface area contributed by atoms with E-state index in [1.54, 1.807) is 6.92 Å². The summed E-state index contributed by atoms with van der Waals surface area (Å²) in [5.41, 5.74) is -3.69. The van der Waals surface area contributed by atoms with Crippen LogP contribution in [0.25, 0.3) is 0 Å². The van der Waals surface area contributed by atoms with Gasteiger partial charge in [0.05, 0.1) is 29.5 Å². The van der Waals surface area contributed by atoms with Crippen LogP contribution in [0.1, 0.15) is 31.9 Å². The molecular formula is C17H16F3N3O4. The third kappa shape index (κ3) is 3.58. The standard InChI is InChI=1S/C17H16F3N3O4/c1-4-27-13(24)9-22-15(26)23(14(25)16(22,2)3)11-6-5-10(8-21)12(7-11)17(18,19)20/h5-7H,4,9H2,1-3H3. The van der Waals surface area contributed by atoms with Crippen molar-refractivity contribution in [2.75, 3.05) is 18.1 Å². The van der Waals surface area contributed by atoms with Gasteiger partial charge in [0.1, 0.15) is 12.1 Å². The molecule has 0 aliphatic carbocycles. The number of carbonyl (C=O) groups is 3. The van der Waals surface area contributed by atoms with Crippen molar-refractivity contribution < 1.29 is 32.3 Å². The first-order chi connectivity index (χ1) is 12.4. The van der Waals surface area contributed by atoms with Crippen LogP contribution in [-0.2, 0) is 20.5 Å². The van der Waals surface area contributed by atoms with E-state index in [9.17, 15) is 27.6 Å². The molecule has 7 nitrogen and oxygen atoms in total. The van der Waals surface area contributed by atoms with Gasteiger partial charge in [-0.3, -0.25) is 14.5 Å². The second-order valence-electron chi connectivity index (χ2n) is 6.21. The highest BCUT2D eigenvalue weighted by Gasteiger charge is 2.53. The second kappa shape index (κ2) is 6.90. The molecule has 1 saturated heterocycles. The molecule has 0 radical (unpaired) electrons. The highest BCUT2D eigenvalue weighted by atomic mass is 19.4. The quantitative estimate of drug-likeness (QED) is 0.589. The van der Waals surface area contributed by atoms with Crippen LogP contribution >= 0.6 is 0 Å². The fraction of sp³-hybridized carbons (Fsp3) is 0.412. The van der Waals surface area contributed by atoms with Crippen LogP contribution in [0.15, 0.2) is 18.2 Å². The van der Waals surface area contributed by atoms with Crippen LogP contribution in [0.5, 0.6) is 0 Å². The highest BCUT2D eigenvalue weighted by Crippen LogP contribution is 2.37. The zero-order chi connectivity index (χ0) is 20.6. The van der Waals surface area contributed by atoms with Gasteiger partial charge in [0.2, 0.25) is 0 Å². The van der Waals surface area contributed by atoms with Crippen molar-refractivity contribution >= 4 is 23.6 Å². The summed E-state index contributed by atoms with van der Waals surface area (Å²) < 4.78 is 44.3. The first-order valence-corrected chi connectivity index (χ1v) is 7.88. The number of amides is 3. The van der Waals surface area contributed by atoms with Crippen molar-refractivity contribution in [2.24, 2.45) is 0 Å². The largest absolute Gasteiger partial charge is 0.465 e. The van der Waals surface area contributed by atoms with Crippen molar-refractivity contribution in [3.8, 4) is 6.07 Å². The number of ether oxygens (including phenoxy) is 1. The first-order valence-electron chi connectivity index (χ1n) is 7.88. The van der Waals surface area contributed by atoms with Crippen LogP contribution < -0.4 is 4.90 Å². The van der Waals surface area contributed by atoms with Crippen molar-refractivity contribution in [1.82, 2.24) is 4.90 Å². The summed E-state index contributed by atoms with van der Waals surface area (Å²) in [6.45, 7) is 3.87. The Bertz CT molecular complexity index is 843. The molecule has 3 amide bonds. The molecule has 0 N–H and O–H groups in total. The van der Waals surface area contributed by atoms with Gasteiger partial charge >= 0.3 is 18.2 Å². The Balaban J connectivity index is 2.48. The summed E-state index contributed by atoms with van der Waals surface area (Å²) in [4.78, 5) is 38.5. The summed E-state index contributed by atoms with van der Waals surface area (Å²) in [6.07, 6.45) is -4.84. The zero-order valence-corrected chi connectivity index (χ0v) is 14.8. The fourth-order valence-electron chi connectivity index (χ4n) is 2.67. The Hall–Kier alpha value is -3.09. The topological polar surface area (TPSA) is 90.7 Å². The Morgan fingerprint density at radius 2 is 1.93 bits per heavy atom. The number of anilines is 1. The molecule has 0 unspecified atom stereocenters. The van der Waals surface area contributed by atoms with Gasteiger partial charge in [-0.15, -0.1) is 0 Å². The fourth-order valence-corrected chi connectivity index (χ4v) is 2.67. The molecule has 1 fully saturated rings. The number of benzene rings is 1. The van der Waals surface area contributed by atoms with E-state index in [1.807, 2.05) is 0 Å². The van der Waals surface area contributed by atoms with E-state index in [1.165, 1.54) is 19.9 Å². The molecular weight excluding hydrogens is 367 g/mol. The molecule has 1 heterocycles. The molecule has 0 bridgehead atoms. The smallest absolute Gasteiger partial charge is 0.417 e. The number of alkyl halides is 3. The highest BCUT2D eigenvalue weighted by molar-refractivity contribution is 6.23. The zero-order valence-electron chi connectivity index (χ0n) is 14.8. The first kappa shape index (κ1) is 20.2. The lowest BCUT2D eigenvalue weighted by Crippen LogP contribution is -2.46. The van der Waals surface area contributed by atoms with Gasteiger partial charge in [0.15, 0.2) is 0 Å². The molecule has 0 saturated carbocycles. The second-order valence-corrected chi connectivity index (χ2v) is 6.21. The summed E-state index contributed by atoms with van der Waals surface area (Å²) in [5, 5.41) is 8.86. The Morgan fingerprint density at radius 3 is 2.44 bits per heavy atom. The molecule has 1 aromatic rings. The van der Waals surface area contributed by atoms with E-state index in [0.29, 0.717) is 11.0 Å². The monoisotopic (exact) mass is 383 g/mol. The van der Waals surface area contributed by atoms with Crippen LogP contribution in [-0.4, -0.2) is 41.5 Å². The molecule has 27 heavy (non-hydrogen) atoms. The molecule has 144 valence electrons. The predicted octanol–water partition coefficient (Wildman–Crippen LogP) is 2.69. The molecule has 1 aliphatic rings. The number of halogens is 3. The lowest BCUT2D eigenvalue weighted by Gasteiger charge is -2.26. The van der Waals surface area contributed by atoms with Gasteiger partial charge in [-0.25, -0.2) is 9.69 Å². The SMILES string of the molecule is CCOC(=O)CN1C(=O)N(c2ccc(C#N)c(C(F)(F)F)c2)C(=O)C1(C)C. The van der Waals surface area contributed by atoms with E-state index >= 15 is 0 Å². The summed E-state index contributed by atoms with van der Waals surface area (Å²) >= 11 is 0. The number of rotatable bonds is 4. The van der Waals surface area contributed by atoms with Crippen molar-refractivity contribution in [3.63, 3.8) is 0 Å². The van der Waals surface area contributed by atoms with Gasteiger partial charge in [-0.1, -0.05) is 0 Å². The maximum absolute atomic E-state index is 13.2. The lowest BCUT2D eigenvalue weighted by atomic mass is 10.0. The average molecular weight is 383 g/mol. The molecule has 0 aromatic heterocycles. The van der Waals surface area contributed by atoms with Crippen LogP contribution in [0, 0.1) is 11.3 Å². The van der Waals surface area contributed by atoms with Crippen molar-refractivity contribution in [2.45, 2.75) is 32.5 Å². The molecule has 1 aromatic carbocycles. The molecule has 10 heteroatoms. The third-order valence-corrected chi connectivity index (χ3v) is 4.10. The Morgan fingerprint density at radius 1 is 1.30 bits per heavy atom. The minimum absolute atomic E-state index is 0.0729. The number of urea groups is 1. The number of hydrogen-bond donors (Lipinski definition) is 0. The molecule has 0 spiro atoms. The third-order valence-electron chi connectivity index (χ3n) is 4.10. The average Bonchev–Trinajstić information content (AvgIpc) is 2.74. The van der Waals surface area contributed by atoms with E-state index in [-0.39, 0.29) is 12.3 Å². The van der Waals surface area contributed by atoms with E-state index in [4.69, 9.17) is 10.00 Å². The van der Waals surface area contributed by atoms with E-state index < -0.39 is 47.3 Å². The minimum Gasteiger partial charge on any atom is -0.465 e. The lowest BCUT2D eigenvalue weighted by molar-refractivity contribution is -0.145. The normalized spacial score (nSPS) is 16.5. The molecule has 2 rings (SSSR count). The van der Waals surface area contributed by atoms with Crippen LogP contribution in [0.2, 0.25) is 0 Å². The summed E-state index contributed by atoms with van der Waals surface area (Å²) in [6, 6.07) is 3.01.